The molecule has 0 unspecified atom stereocenters. The molecule has 2 heteroatoms. The Bertz CT molecular complexity index is 309. The number of halogens is 2. The zero-order chi connectivity index (χ0) is 12.0. The molecule has 0 atom stereocenters. The van der Waals surface area contributed by atoms with Crippen LogP contribution in [0.5, 0.6) is 0 Å². The van der Waals surface area contributed by atoms with Gasteiger partial charge < -0.3 is 0 Å². The van der Waals surface area contributed by atoms with E-state index in [0.29, 0.717) is 6.42 Å². The third kappa shape index (κ3) is 3.58. The van der Waals surface area contributed by atoms with Crippen LogP contribution in [0.2, 0.25) is 0 Å². The van der Waals surface area contributed by atoms with E-state index in [4.69, 9.17) is 0 Å². The summed E-state index contributed by atoms with van der Waals surface area (Å²) in [6.07, 6.45) is 5.11. The van der Waals surface area contributed by atoms with E-state index in [-0.39, 0.29) is 17.2 Å². The van der Waals surface area contributed by atoms with Gasteiger partial charge in [-0.25, -0.2) is 8.78 Å². The van der Waals surface area contributed by atoms with Crippen LogP contribution in [0.3, 0.4) is 0 Å². The van der Waals surface area contributed by atoms with Gasteiger partial charge in [0.25, 0.3) is 0 Å². The van der Waals surface area contributed by atoms with Crippen molar-refractivity contribution in [2.45, 2.75) is 52.4 Å². The van der Waals surface area contributed by atoms with Gasteiger partial charge in [-0.1, -0.05) is 33.1 Å². The summed E-state index contributed by atoms with van der Waals surface area (Å²) in [5.74, 6) is -0.751. The standard InChI is InChI=1S/C14H20F2/c1-3-5-6-8-12-13(15)9-11(7-4-2)10-14(12)16/h9-10H,3-8H2,1-2H3. The highest BCUT2D eigenvalue weighted by molar-refractivity contribution is 5.26. The van der Waals surface area contributed by atoms with Crippen LogP contribution >= 0.6 is 0 Å². The van der Waals surface area contributed by atoms with Crippen LogP contribution in [-0.4, -0.2) is 0 Å². The van der Waals surface area contributed by atoms with Gasteiger partial charge in [-0.2, -0.15) is 0 Å². The van der Waals surface area contributed by atoms with Crippen molar-refractivity contribution >= 4 is 0 Å². The first-order valence-corrected chi connectivity index (χ1v) is 6.15. The van der Waals surface area contributed by atoms with Crippen molar-refractivity contribution in [3.8, 4) is 0 Å². The molecule has 0 saturated heterocycles. The second-order valence-electron chi connectivity index (χ2n) is 4.25. The Labute approximate surface area is 96.7 Å². The third-order valence-corrected chi connectivity index (χ3v) is 2.77. The van der Waals surface area contributed by atoms with E-state index in [1.54, 1.807) is 0 Å². The first-order chi connectivity index (χ1) is 7.69. The van der Waals surface area contributed by atoms with E-state index >= 15 is 0 Å². The molecule has 0 aliphatic rings. The molecule has 0 bridgehead atoms. The van der Waals surface area contributed by atoms with Crippen LogP contribution < -0.4 is 0 Å². The molecule has 1 aromatic rings. The maximum absolute atomic E-state index is 13.6. The lowest BCUT2D eigenvalue weighted by Gasteiger charge is -2.07. The van der Waals surface area contributed by atoms with Gasteiger partial charge in [-0.3, -0.25) is 0 Å². The molecule has 0 aliphatic heterocycles. The fraction of sp³-hybridized carbons (Fsp3) is 0.571. The number of benzene rings is 1. The van der Waals surface area contributed by atoms with E-state index in [0.717, 1.165) is 37.7 Å². The van der Waals surface area contributed by atoms with E-state index in [1.165, 1.54) is 12.1 Å². The first kappa shape index (κ1) is 13.1. The van der Waals surface area contributed by atoms with E-state index < -0.39 is 0 Å². The van der Waals surface area contributed by atoms with Gasteiger partial charge in [-0.15, -0.1) is 0 Å². The predicted molar refractivity (Wildman–Crippen MR) is 63.6 cm³/mol. The summed E-state index contributed by atoms with van der Waals surface area (Å²) in [6.45, 7) is 4.09. The Balaban J connectivity index is 2.77. The molecule has 1 aromatic carbocycles. The maximum atomic E-state index is 13.6. The maximum Gasteiger partial charge on any atom is 0.129 e. The van der Waals surface area contributed by atoms with E-state index in [2.05, 4.69) is 6.92 Å². The monoisotopic (exact) mass is 226 g/mol. The van der Waals surface area contributed by atoms with Gasteiger partial charge in [-0.05, 0) is 37.0 Å². The van der Waals surface area contributed by atoms with Crippen molar-refractivity contribution in [1.82, 2.24) is 0 Å². The fourth-order valence-electron chi connectivity index (χ4n) is 1.88. The highest BCUT2D eigenvalue weighted by Crippen LogP contribution is 2.19. The lowest BCUT2D eigenvalue weighted by Crippen LogP contribution is -1.99. The number of unbranched alkanes of at least 4 members (excludes halogenated alkanes) is 2. The molecule has 90 valence electrons. The van der Waals surface area contributed by atoms with Crippen LogP contribution in [-0.2, 0) is 12.8 Å². The third-order valence-electron chi connectivity index (χ3n) is 2.77. The molecule has 0 N–H and O–H groups in total. The molecule has 0 aliphatic carbocycles. The second kappa shape index (κ2) is 6.62. The summed E-state index contributed by atoms with van der Waals surface area (Å²) >= 11 is 0. The van der Waals surface area contributed by atoms with Crippen molar-refractivity contribution in [2.75, 3.05) is 0 Å². The fourth-order valence-corrected chi connectivity index (χ4v) is 1.88. The minimum Gasteiger partial charge on any atom is -0.207 e. The lowest BCUT2D eigenvalue weighted by atomic mass is 10.0. The van der Waals surface area contributed by atoms with Crippen LogP contribution in [0.4, 0.5) is 8.78 Å². The van der Waals surface area contributed by atoms with Gasteiger partial charge >= 0.3 is 0 Å². The summed E-state index contributed by atoms with van der Waals surface area (Å²) in [6, 6.07) is 2.96. The molecule has 0 heterocycles. The van der Waals surface area contributed by atoms with Crippen LogP contribution in [0, 0.1) is 11.6 Å². The number of aryl methyl sites for hydroxylation is 1. The van der Waals surface area contributed by atoms with Crippen molar-refractivity contribution in [2.24, 2.45) is 0 Å². The number of hydrogen-bond acceptors (Lipinski definition) is 0. The van der Waals surface area contributed by atoms with E-state index in [1.807, 2.05) is 6.92 Å². The Morgan fingerprint density at radius 1 is 0.875 bits per heavy atom. The summed E-state index contributed by atoms with van der Waals surface area (Å²) in [7, 11) is 0. The minimum atomic E-state index is -0.375. The van der Waals surface area contributed by atoms with Crippen molar-refractivity contribution < 1.29 is 8.78 Å². The smallest absolute Gasteiger partial charge is 0.129 e. The Morgan fingerprint density at radius 2 is 1.50 bits per heavy atom. The molecule has 0 fully saturated rings. The molecule has 0 radical (unpaired) electrons. The van der Waals surface area contributed by atoms with E-state index in [9.17, 15) is 8.78 Å². The first-order valence-electron chi connectivity index (χ1n) is 6.15. The Morgan fingerprint density at radius 3 is 2.00 bits per heavy atom. The number of hydrogen-bond donors (Lipinski definition) is 0. The van der Waals surface area contributed by atoms with Crippen LogP contribution in [0.15, 0.2) is 12.1 Å². The summed E-state index contributed by atoms with van der Waals surface area (Å²) in [5, 5.41) is 0. The molecular formula is C14H20F2. The predicted octanol–water partition coefficient (Wildman–Crippen LogP) is 4.65. The summed E-state index contributed by atoms with van der Waals surface area (Å²) < 4.78 is 27.2. The van der Waals surface area contributed by atoms with Gasteiger partial charge in [0.05, 0.1) is 0 Å². The average Bonchev–Trinajstić information content (AvgIpc) is 2.23. The van der Waals surface area contributed by atoms with Gasteiger partial charge in [0.1, 0.15) is 11.6 Å². The zero-order valence-corrected chi connectivity index (χ0v) is 10.2. The minimum absolute atomic E-state index is 0.258. The largest absolute Gasteiger partial charge is 0.207 e. The van der Waals surface area contributed by atoms with Crippen molar-refractivity contribution in [3.63, 3.8) is 0 Å². The summed E-state index contributed by atoms with van der Waals surface area (Å²) in [5.41, 5.74) is 1.02. The highest BCUT2D eigenvalue weighted by atomic mass is 19.1. The highest BCUT2D eigenvalue weighted by Gasteiger charge is 2.10. The zero-order valence-electron chi connectivity index (χ0n) is 10.2. The molecule has 0 nitrogen and oxygen atoms in total. The lowest BCUT2D eigenvalue weighted by molar-refractivity contribution is 0.542. The topological polar surface area (TPSA) is 0 Å². The molecule has 16 heavy (non-hydrogen) atoms. The normalized spacial score (nSPS) is 10.8. The Kier molecular flexibility index (Phi) is 5.44. The SMILES string of the molecule is CCCCCc1c(F)cc(CCC)cc1F. The molecule has 0 saturated carbocycles. The molecular weight excluding hydrogens is 206 g/mol. The molecule has 1 rings (SSSR count). The van der Waals surface area contributed by atoms with Gasteiger partial charge in [0.2, 0.25) is 0 Å². The average molecular weight is 226 g/mol. The summed E-state index contributed by atoms with van der Waals surface area (Å²) in [4.78, 5) is 0. The molecule has 0 aromatic heterocycles. The second-order valence-corrected chi connectivity index (χ2v) is 4.25. The molecule has 0 spiro atoms. The van der Waals surface area contributed by atoms with Gasteiger partial charge in [0, 0.05) is 5.56 Å². The van der Waals surface area contributed by atoms with Crippen LogP contribution in [0.1, 0.15) is 50.7 Å². The van der Waals surface area contributed by atoms with Crippen LogP contribution in [0.25, 0.3) is 0 Å². The van der Waals surface area contributed by atoms with Crippen molar-refractivity contribution in [1.29, 1.82) is 0 Å². The van der Waals surface area contributed by atoms with Crippen molar-refractivity contribution in [3.05, 3.63) is 34.9 Å². The quantitative estimate of drug-likeness (QED) is 0.619. The Hall–Kier alpha value is -0.920. The number of rotatable bonds is 6. The van der Waals surface area contributed by atoms with Gasteiger partial charge in [0.15, 0.2) is 0 Å². The molecule has 0 amide bonds.